The monoisotopic (exact) mass is 363 g/mol. The predicted octanol–water partition coefficient (Wildman–Crippen LogP) is 2.89. The van der Waals surface area contributed by atoms with Crippen molar-refractivity contribution in [2.24, 2.45) is 0 Å². The predicted molar refractivity (Wildman–Crippen MR) is 98.0 cm³/mol. The van der Waals surface area contributed by atoms with Crippen LogP contribution in [0.1, 0.15) is 24.0 Å². The molecule has 2 aromatic rings. The number of piperidine rings is 1. The number of aliphatic hydroxyl groups is 1. The highest BCUT2D eigenvalue weighted by Gasteiger charge is 2.17. The summed E-state index contributed by atoms with van der Waals surface area (Å²) in [5, 5.41) is 9.52. The van der Waals surface area contributed by atoms with Crippen molar-refractivity contribution in [1.82, 2.24) is 4.90 Å². The summed E-state index contributed by atoms with van der Waals surface area (Å²) in [6.45, 7) is 4.76. The second-order valence-electron chi connectivity index (χ2n) is 6.30. The summed E-state index contributed by atoms with van der Waals surface area (Å²) in [4.78, 5) is 2.26. The second kappa shape index (κ2) is 9.10. The highest BCUT2D eigenvalue weighted by atomic mass is 32.2. The van der Waals surface area contributed by atoms with E-state index in [4.69, 9.17) is 4.55 Å². The standard InChI is InChI=1S/C12H17NO.C7H8O3S/c14-12-7-4-8-13(10-12)9-11-5-2-1-3-6-11;1-6-2-4-7(5-3-6)11(8,9)10/h1-3,5-6,12,14H,4,7-10H2;2-5H,1H3,(H,8,9,10). The van der Waals surface area contributed by atoms with Crippen molar-refractivity contribution in [2.75, 3.05) is 13.1 Å². The van der Waals surface area contributed by atoms with E-state index in [1.165, 1.54) is 17.7 Å². The van der Waals surface area contributed by atoms with E-state index in [9.17, 15) is 13.5 Å². The third-order valence-corrected chi connectivity index (χ3v) is 4.92. The average Bonchev–Trinajstić information content (AvgIpc) is 2.56. The molecular formula is C19H25NO4S. The molecule has 0 amide bonds. The van der Waals surface area contributed by atoms with E-state index in [0.29, 0.717) is 0 Å². The molecule has 2 N–H and O–H groups in total. The third-order valence-electron chi connectivity index (χ3n) is 4.05. The highest BCUT2D eigenvalue weighted by Crippen LogP contribution is 2.13. The van der Waals surface area contributed by atoms with E-state index in [0.717, 1.165) is 38.0 Å². The third kappa shape index (κ3) is 6.96. The molecule has 1 atom stereocenters. The van der Waals surface area contributed by atoms with Crippen LogP contribution in [0.3, 0.4) is 0 Å². The van der Waals surface area contributed by atoms with Crippen LogP contribution in [0.5, 0.6) is 0 Å². The lowest BCUT2D eigenvalue weighted by atomic mass is 10.1. The molecule has 0 aromatic heterocycles. The number of β-amino-alcohol motifs (C(OH)–C–C–N with tert-alkyl or cyclic N) is 1. The topological polar surface area (TPSA) is 77.8 Å². The molecule has 1 unspecified atom stereocenters. The number of aliphatic hydroxyl groups excluding tert-OH is 1. The molecule has 0 spiro atoms. The van der Waals surface area contributed by atoms with Gasteiger partial charge in [-0.2, -0.15) is 8.42 Å². The van der Waals surface area contributed by atoms with Gasteiger partial charge in [-0.15, -0.1) is 0 Å². The number of rotatable bonds is 3. The average molecular weight is 363 g/mol. The van der Waals surface area contributed by atoms with Gasteiger partial charge in [0.05, 0.1) is 11.0 Å². The SMILES string of the molecule is Cc1ccc(S(=O)(=O)O)cc1.OC1CCCN(Cc2ccccc2)C1. The zero-order valence-corrected chi connectivity index (χ0v) is 15.2. The summed E-state index contributed by atoms with van der Waals surface area (Å²) in [6, 6.07) is 16.4. The Bertz CT molecular complexity index is 745. The van der Waals surface area contributed by atoms with Crippen LogP contribution in [0.4, 0.5) is 0 Å². The number of nitrogens with zero attached hydrogens (tertiary/aromatic N) is 1. The summed E-state index contributed by atoms with van der Waals surface area (Å²) in [7, 11) is -4.02. The maximum absolute atomic E-state index is 10.5. The normalized spacial score (nSPS) is 18.3. The molecule has 0 radical (unpaired) electrons. The van der Waals surface area contributed by atoms with Crippen molar-refractivity contribution in [3.8, 4) is 0 Å². The van der Waals surface area contributed by atoms with Crippen molar-refractivity contribution in [1.29, 1.82) is 0 Å². The molecule has 136 valence electrons. The van der Waals surface area contributed by atoms with E-state index < -0.39 is 10.1 Å². The van der Waals surface area contributed by atoms with Gasteiger partial charge in [-0.25, -0.2) is 0 Å². The summed E-state index contributed by atoms with van der Waals surface area (Å²) < 4.78 is 29.6. The lowest BCUT2D eigenvalue weighted by Gasteiger charge is -2.29. The van der Waals surface area contributed by atoms with Crippen molar-refractivity contribution in [3.05, 3.63) is 65.7 Å². The number of likely N-dealkylation sites (tertiary alicyclic amines) is 1. The van der Waals surface area contributed by atoms with Gasteiger partial charge in [-0.05, 0) is 44.0 Å². The van der Waals surface area contributed by atoms with Gasteiger partial charge in [0.2, 0.25) is 0 Å². The Balaban J connectivity index is 0.000000186. The Morgan fingerprint density at radius 1 is 1.08 bits per heavy atom. The Morgan fingerprint density at radius 3 is 2.28 bits per heavy atom. The van der Waals surface area contributed by atoms with Crippen LogP contribution in [0.25, 0.3) is 0 Å². The molecule has 0 bridgehead atoms. The molecule has 0 aliphatic carbocycles. The molecule has 5 nitrogen and oxygen atoms in total. The fourth-order valence-corrected chi connectivity index (χ4v) is 3.21. The Kier molecular flexibility index (Phi) is 7.13. The number of hydrogen-bond donors (Lipinski definition) is 2. The van der Waals surface area contributed by atoms with E-state index in [1.54, 1.807) is 12.1 Å². The smallest absolute Gasteiger partial charge is 0.294 e. The van der Waals surface area contributed by atoms with Crippen LogP contribution in [0.15, 0.2) is 59.5 Å². The Hall–Kier alpha value is -1.73. The van der Waals surface area contributed by atoms with Gasteiger partial charge in [-0.3, -0.25) is 9.45 Å². The number of benzene rings is 2. The first-order chi connectivity index (χ1) is 11.8. The van der Waals surface area contributed by atoms with Crippen LogP contribution >= 0.6 is 0 Å². The largest absolute Gasteiger partial charge is 0.392 e. The van der Waals surface area contributed by atoms with E-state index >= 15 is 0 Å². The van der Waals surface area contributed by atoms with Crippen LogP contribution in [-0.2, 0) is 16.7 Å². The van der Waals surface area contributed by atoms with Crippen LogP contribution < -0.4 is 0 Å². The van der Waals surface area contributed by atoms with E-state index in [2.05, 4.69) is 29.2 Å². The lowest BCUT2D eigenvalue weighted by Crippen LogP contribution is -2.37. The van der Waals surface area contributed by atoms with Gasteiger partial charge in [0.15, 0.2) is 0 Å². The summed E-state index contributed by atoms with van der Waals surface area (Å²) in [5.74, 6) is 0. The Morgan fingerprint density at radius 2 is 1.72 bits per heavy atom. The van der Waals surface area contributed by atoms with Crippen LogP contribution in [0, 0.1) is 6.92 Å². The van der Waals surface area contributed by atoms with Gasteiger partial charge in [0.1, 0.15) is 0 Å². The Labute approximate surface area is 149 Å². The fraction of sp³-hybridized carbons (Fsp3) is 0.368. The van der Waals surface area contributed by atoms with Crippen LogP contribution in [0.2, 0.25) is 0 Å². The van der Waals surface area contributed by atoms with Crippen LogP contribution in [-0.4, -0.2) is 42.2 Å². The molecule has 1 heterocycles. The molecule has 3 rings (SSSR count). The first-order valence-electron chi connectivity index (χ1n) is 8.33. The molecule has 1 aliphatic heterocycles. The fourth-order valence-electron chi connectivity index (χ4n) is 2.73. The molecule has 25 heavy (non-hydrogen) atoms. The first-order valence-corrected chi connectivity index (χ1v) is 9.77. The van der Waals surface area contributed by atoms with Gasteiger partial charge in [0, 0.05) is 13.1 Å². The molecule has 1 aliphatic rings. The minimum Gasteiger partial charge on any atom is -0.392 e. The number of hydrogen-bond acceptors (Lipinski definition) is 4. The first kappa shape index (κ1) is 19.6. The van der Waals surface area contributed by atoms with E-state index in [-0.39, 0.29) is 11.0 Å². The molecule has 2 aromatic carbocycles. The number of aryl methyl sites for hydroxylation is 1. The summed E-state index contributed by atoms with van der Waals surface area (Å²) >= 11 is 0. The zero-order chi connectivity index (χ0) is 18.3. The van der Waals surface area contributed by atoms with Crippen molar-refractivity contribution < 1.29 is 18.1 Å². The molecule has 1 fully saturated rings. The summed E-state index contributed by atoms with van der Waals surface area (Å²) in [6.07, 6.45) is 1.96. The summed E-state index contributed by atoms with van der Waals surface area (Å²) in [5.41, 5.74) is 2.29. The van der Waals surface area contributed by atoms with Gasteiger partial charge in [0.25, 0.3) is 10.1 Å². The second-order valence-corrected chi connectivity index (χ2v) is 7.73. The minimum absolute atomic E-state index is 0.0666. The zero-order valence-electron chi connectivity index (χ0n) is 14.4. The van der Waals surface area contributed by atoms with Crippen molar-refractivity contribution in [3.63, 3.8) is 0 Å². The molecular weight excluding hydrogens is 338 g/mol. The lowest BCUT2D eigenvalue weighted by molar-refractivity contribution is 0.0668. The van der Waals surface area contributed by atoms with Crippen molar-refractivity contribution >= 4 is 10.1 Å². The molecule has 0 saturated carbocycles. The molecule has 6 heteroatoms. The maximum Gasteiger partial charge on any atom is 0.294 e. The minimum atomic E-state index is -4.02. The van der Waals surface area contributed by atoms with E-state index in [1.807, 2.05) is 13.0 Å². The van der Waals surface area contributed by atoms with Gasteiger partial charge >= 0.3 is 0 Å². The maximum atomic E-state index is 10.5. The highest BCUT2D eigenvalue weighted by molar-refractivity contribution is 7.85. The van der Waals surface area contributed by atoms with Gasteiger partial charge in [-0.1, -0.05) is 48.0 Å². The van der Waals surface area contributed by atoms with Gasteiger partial charge < -0.3 is 5.11 Å². The quantitative estimate of drug-likeness (QED) is 0.820. The van der Waals surface area contributed by atoms with Crippen molar-refractivity contribution in [2.45, 2.75) is 37.3 Å². The molecule has 1 saturated heterocycles.